The molecule has 2 rings (SSSR count). The van der Waals surface area contributed by atoms with Crippen molar-refractivity contribution in [1.29, 1.82) is 0 Å². The third-order valence-electron chi connectivity index (χ3n) is 3.83. The Morgan fingerprint density at radius 1 is 1.48 bits per heavy atom. The maximum absolute atomic E-state index is 12.1. The minimum atomic E-state index is -1.03. The van der Waals surface area contributed by atoms with Gasteiger partial charge in [-0.3, -0.25) is 0 Å². The fraction of sp³-hybridized carbons (Fsp3) is 0.688. The topological polar surface area (TPSA) is 92.9 Å². The monoisotopic (exact) mass is 324 g/mol. The van der Waals surface area contributed by atoms with E-state index in [1.54, 1.807) is 4.90 Å². The molecule has 0 aromatic carbocycles. The molecule has 0 aliphatic carbocycles. The van der Waals surface area contributed by atoms with Crippen molar-refractivity contribution < 1.29 is 24.0 Å². The molecule has 1 saturated heterocycles. The van der Waals surface area contributed by atoms with E-state index in [-0.39, 0.29) is 11.7 Å². The van der Waals surface area contributed by atoms with Crippen LogP contribution in [0.15, 0.2) is 10.7 Å². The van der Waals surface area contributed by atoms with Crippen LogP contribution >= 0.6 is 0 Å². The number of carboxylic acid groups (broad SMARTS) is 1. The maximum Gasteiger partial charge on any atom is 0.410 e. The van der Waals surface area contributed by atoms with Crippen molar-refractivity contribution in [3.63, 3.8) is 0 Å². The Bertz CT molecular complexity index is 561. The molecule has 0 bridgehead atoms. The number of aromatic nitrogens is 1. The number of ether oxygens (including phenoxy) is 1. The second-order valence-electron chi connectivity index (χ2n) is 6.94. The quantitative estimate of drug-likeness (QED) is 0.915. The van der Waals surface area contributed by atoms with Gasteiger partial charge in [-0.2, -0.15) is 0 Å². The van der Waals surface area contributed by atoms with Crippen molar-refractivity contribution in [2.24, 2.45) is 5.92 Å². The van der Waals surface area contributed by atoms with Gasteiger partial charge in [-0.25, -0.2) is 9.59 Å². The third-order valence-corrected chi connectivity index (χ3v) is 3.83. The van der Waals surface area contributed by atoms with E-state index in [0.717, 1.165) is 19.3 Å². The lowest BCUT2D eigenvalue weighted by Crippen LogP contribution is -2.43. The summed E-state index contributed by atoms with van der Waals surface area (Å²) >= 11 is 0. The van der Waals surface area contributed by atoms with Gasteiger partial charge in [0, 0.05) is 19.5 Å². The molecule has 1 aromatic rings. The second-order valence-corrected chi connectivity index (χ2v) is 6.94. The van der Waals surface area contributed by atoms with Gasteiger partial charge in [0.05, 0.1) is 6.20 Å². The summed E-state index contributed by atoms with van der Waals surface area (Å²) < 4.78 is 10.4. The first-order valence-corrected chi connectivity index (χ1v) is 7.91. The molecule has 1 N–H and O–H groups in total. The zero-order valence-corrected chi connectivity index (χ0v) is 13.9. The van der Waals surface area contributed by atoms with Crippen LogP contribution in [0.5, 0.6) is 0 Å². The van der Waals surface area contributed by atoms with Crippen molar-refractivity contribution in [1.82, 2.24) is 10.1 Å². The number of piperidine rings is 1. The summed E-state index contributed by atoms with van der Waals surface area (Å²) in [6, 6.07) is 0. The Morgan fingerprint density at radius 3 is 2.87 bits per heavy atom. The third kappa shape index (κ3) is 4.97. The Kier molecular flexibility index (Phi) is 5.28. The molecule has 7 nitrogen and oxygen atoms in total. The number of aromatic carboxylic acids is 1. The van der Waals surface area contributed by atoms with Gasteiger partial charge < -0.3 is 19.3 Å². The van der Waals surface area contributed by atoms with Crippen molar-refractivity contribution in [2.75, 3.05) is 13.1 Å². The van der Waals surface area contributed by atoms with Gasteiger partial charge in [-0.15, -0.1) is 0 Å². The Morgan fingerprint density at radius 2 is 2.22 bits per heavy atom. The van der Waals surface area contributed by atoms with E-state index >= 15 is 0 Å². The second kappa shape index (κ2) is 7.02. The number of nitrogens with zero attached hydrogens (tertiary/aromatic N) is 2. The van der Waals surface area contributed by atoms with Crippen LogP contribution in [0.2, 0.25) is 0 Å². The van der Waals surface area contributed by atoms with Crippen LogP contribution in [0.25, 0.3) is 0 Å². The van der Waals surface area contributed by atoms with Gasteiger partial charge in [-0.05, 0) is 46.0 Å². The highest BCUT2D eigenvalue weighted by Gasteiger charge is 2.28. The van der Waals surface area contributed by atoms with Crippen LogP contribution in [0.3, 0.4) is 0 Å². The number of hydrogen-bond donors (Lipinski definition) is 1. The lowest BCUT2D eigenvalue weighted by Gasteiger charge is -2.34. The van der Waals surface area contributed by atoms with Crippen molar-refractivity contribution in [3.8, 4) is 0 Å². The summed E-state index contributed by atoms with van der Waals surface area (Å²) in [5, 5.41) is 12.6. The van der Waals surface area contributed by atoms with Crippen molar-refractivity contribution in [3.05, 3.63) is 17.5 Å². The minimum absolute atomic E-state index is 0.116. The Balaban J connectivity index is 1.88. The first-order valence-electron chi connectivity index (χ1n) is 7.91. The Hall–Kier alpha value is -2.05. The molecular formula is C16H24N2O5. The Labute approximate surface area is 135 Å². The fourth-order valence-electron chi connectivity index (χ4n) is 2.75. The zero-order valence-electron chi connectivity index (χ0n) is 13.9. The number of carbonyl (C=O) groups excluding carboxylic acids is 1. The van der Waals surface area contributed by atoms with Crippen LogP contribution in [0, 0.1) is 5.92 Å². The van der Waals surface area contributed by atoms with Gasteiger partial charge in [-0.1, -0.05) is 5.16 Å². The van der Waals surface area contributed by atoms with Gasteiger partial charge in [0.2, 0.25) is 0 Å². The normalized spacial score (nSPS) is 18.7. The number of hydrogen-bond acceptors (Lipinski definition) is 5. The SMILES string of the molecule is CC(C)(C)OC(=O)N1CCCC(CCc2oncc2C(=O)O)C1. The van der Waals surface area contributed by atoms with Crippen LogP contribution < -0.4 is 0 Å². The molecule has 2 heterocycles. The molecule has 1 atom stereocenters. The molecule has 1 amide bonds. The molecule has 7 heteroatoms. The highest BCUT2D eigenvalue weighted by molar-refractivity contribution is 5.88. The molecular weight excluding hydrogens is 300 g/mol. The van der Waals surface area contributed by atoms with Crippen molar-refractivity contribution >= 4 is 12.1 Å². The summed E-state index contributed by atoms with van der Waals surface area (Å²) in [6.07, 6.45) is 4.14. The average Bonchev–Trinajstić information content (AvgIpc) is 2.92. The summed E-state index contributed by atoms with van der Waals surface area (Å²) in [5.74, 6) is -0.324. The smallest absolute Gasteiger partial charge is 0.410 e. The van der Waals surface area contributed by atoms with Crippen LogP contribution in [-0.2, 0) is 11.2 Å². The predicted molar refractivity (Wildman–Crippen MR) is 82.3 cm³/mol. The highest BCUT2D eigenvalue weighted by atomic mass is 16.6. The summed E-state index contributed by atoms with van der Waals surface area (Å²) in [4.78, 5) is 24.9. The molecule has 1 aromatic heterocycles. The van der Waals surface area contributed by atoms with Crippen LogP contribution in [0.4, 0.5) is 4.79 Å². The number of carbonyl (C=O) groups is 2. The zero-order chi connectivity index (χ0) is 17.0. The summed E-state index contributed by atoms with van der Waals surface area (Å²) in [7, 11) is 0. The van der Waals surface area contributed by atoms with Gasteiger partial charge in [0.1, 0.15) is 11.2 Å². The van der Waals surface area contributed by atoms with Gasteiger partial charge in [0.25, 0.3) is 0 Å². The molecule has 1 unspecified atom stereocenters. The van der Waals surface area contributed by atoms with E-state index in [0.29, 0.717) is 31.2 Å². The average molecular weight is 324 g/mol. The fourth-order valence-corrected chi connectivity index (χ4v) is 2.75. The van der Waals surface area contributed by atoms with E-state index in [9.17, 15) is 9.59 Å². The lowest BCUT2D eigenvalue weighted by molar-refractivity contribution is 0.0161. The van der Waals surface area contributed by atoms with E-state index in [2.05, 4.69) is 5.16 Å². The highest BCUT2D eigenvalue weighted by Crippen LogP contribution is 2.24. The molecule has 0 radical (unpaired) electrons. The van der Waals surface area contributed by atoms with E-state index < -0.39 is 11.6 Å². The first-order chi connectivity index (χ1) is 10.8. The maximum atomic E-state index is 12.1. The van der Waals surface area contributed by atoms with E-state index in [1.807, 2.05) is 20.8 Å². The number of rotatable bonds is 4. The number of amides is 1. The number of aryl methyl sites for hydroxylation is 1. The minimum Gasteiger partial charge on any atom is -0.478 e. The predicted octanol–water partition coefficient (Wildman–Crippen LogP) is 2.95. The lowest BCUT2D eigenvalue weighted by atomic mass is 9.92. The standard InChI is InChI=1S/C16H24N2O5/c1-16(2,3)22-15(21)18-8-4-5-11(10-18)6-7-13-12(14(19)20)9-17-23-13/h9,11H,4-8,10H2,1-3H3,(H,19,20). The summed E-state index contributed by atoms with van der Waals surface area (Å²) in [5.41, 5.74) is -0.384. The molecule has 0 saturated carbocycles. The molecule has 0 spiro atoms. The van der Waals surface area contributed by atoms with E-state index in [4.69, 9.17) is 14.4 Å². The van der Waals surface area contributed by atoms with Gasteiger partial charge in [0.15, 0.2) is 5.76 Å². The van der Waals surface area contributed by atoms with Crippen LogP contribution in [-0.4, -0.2) is 45.9 Å². The largest absolute Gasteiger partial charge is 0.478 e. The first kappa shape index (κ1) is 17.3. The summed E-state index contributed by atoms with van der Waals surface area (Å²) in [6.45, 7) is 6.89. The van der Waals surface area contributed by atoms with Crippen LogP contribution in [0.1, 0.15) is 56.2 Å². The molecule has 128 valence electrons. The molecule has 23 heavy (non-hydrogen) atoms. The molecule has 1 aliphatic heterocycles. The molecule has 1 aliphatic rings. The number of carboxylic acids is 1. The molecule has 1 fully saturated rings. The van der Waals surface area contributed by atoms with Crippen molar-refractivity contribution in [2.45, 2.75) is 52.1 Å². The van der Waals surface area contributed by atoms with E-state index in [1.165, 1.54) is 6.20 Å². The number of likely N-dealkylation sites (tertiary alicyclic amines) is 1. The van der Waals surface area contributed by atoms with Gasteiger partial charge >= 0.3 is 12.1 Å².